The van der Waals surface area contributed by atoms with Crippen LogP contribution in [0.15, 0.2) is 24.3 Å². The molecule has 0 aliphatic heterocycles. The zero-order valence-corrected chi connectivity index (χ0v) is 18.3. The van der Waals surface area contributed by atoms with Crippen molar-refractivity contribution in [1.29, 1.82) is 0 Å². The third-order valence-electron chi connectivity index (χ3n) is 4.84. The van der Waals surface area contributed by atoms with Crippen molar-refractivity contribution in [1.82, 2.24) is 10.3 Å². The van der Waals surface area contributed by atoms with Gasteiger partial charge in [-0.1, -0.05) is 29.8 Å². The molecule has 0 radical (unpaired) electrons. The molecule has 0 bridgehead atoms. The summed E-state index contributed by atoms with van der Waals surface area (Å²) in [6.07, 6.45) is 0.752. The van der Waals surface area contributed by atoms with Gasteiger partial charge in [0.25, 0.3) is 0 Å². The summed E-state index contributed by atoms with van der Waals surface area (Å²) >= 11 is 0. The number of ketones is 1. The molecule has 8 nitrogen and oxygen atoms in total. The molecule has 0 unspecified atom stereocenters. The number of hydrogen-bond donors (Lipinski definition) is 2. The Morgan fingerprint density at radius 3 is 2.35 bits per heavy atom. The fraction of sp³-hybridized carbons (Fsp3) is 0.391. The highest BCUT2D eigenvalue weighted by molar-refractivity contribution is 6.01. The highest BCUT2D eigenvalue weighted by Crippen LogP contribution is 2.21. The molecule has 1 aromatic heterocycles. The quantitative estimate of drug-likeness (QED) is 0.341. The van der Waals surface area contributed by atoms with Crippen molar-refractivity contribution in [2.45, 2.75) is 40.0 Å². The van der Waals surface area contributed by atoms with Gasteiger partial charge in [0.05, 0.1) is 31.3 Å². The SMILES string of the molecule is COC(=O)c1c(CC(=O)OCCNC(=O)CCc2ccc(C)cc2)[nH]c(C(C)=O)c1C. The summed E-state index contributed by atoms with van der Waals surface area (Å²) in [5.41, 5.74) is 3.36. The third-order valence-corrected chi connectivity index (χ3v) is 4.84. The number of H-pyrrole nitrogens is 1. The molecule has 1 amide bonds. The Hall–Kier alpha value is -3.42. The molecule has 166 valence electrons. The maximum Gasteiger partial charge on any atom is 0.339 e. The van der Waals surface area contributed by atoms with E-state index in [-0.39, 0.29) is 48.2 Å². The van der Waals surface area contributed by atoms with E-state index < -0.39 is 11.9 Å². The number of esters is 2. The zero-order valence-electron chi connectivity index (χ0n) is 18.3. The Morgan fingerprint density at radius 2 is 1.74 bits per heavy atom. The number of Topliss-reactive ketones (excluding diaryl/α,β-unsaturated/α-hetero) is 1. The van der Waals surface area contributed by atoms with E-state index in [9.17, 15) is 19.2 Å². The van der Waals surface area contributed by atoms with Crippen LogP contribution in [0.4, 0.5) is 0 Å². The largest absolute Gasteiger partial charge is 0.465 e. The van der Waals surface area contributed by atoms with E-state index in [2.05, 4.69) is 10.3 Å². The molecule has 0 saturated heterocycles. The molecule has 1 aromatic carbocycles. The predicted molar refractivity (Wildman–Crippen MR) is 114 cm³/mol. The lowest BCUT2D eigenvalue weighted by molar-refractivity contribution is -0.143. The number of aromatic amines is 1. The molecule has 1 heterocycles. The molecule has 31 heavy (non-hydrogen) atoms. The minimum atomic E-state index is -0.634. The van der Waals surface area contributed by atoms with Gasteiger partial charge >= 0.3 is 11.9 Å². The van der Waals surface area contributed by atoms with Crippen molar-refractivity contribution in [3.63, 3.8) is 0 Å². The number of ether oxygens (including phenoxy) is 2. The molecule has 2 aromatic rings. The number of aryl methyl sites for hydroxylation is 2. The average molecular weight is 428 g/mol. The minimum Gasteiger partial charge on any atom is -0.465 e. The van der Waals surface area contributed by atoms with Crippen molar-refractivity contribution in [3.8, 4) is 0 Å². The smallest absolute Gasteiger partial charge is 0.339 e. The Morgan fingerprint density at radius 1 is 1.06 bits per heavy atom. The van der Waals surface area contributed by atoms with Crippen LogP contribution in [-0.2, 0) is 31.9 Å². The Balaban J connectivity index is 1.79. The van der Waals surface area contributed by atoms with Crippen LogP contribution in [0, 0.1) is 13.8 Å². The van der Waals surface area contributed by atoms with E-state index in [1.54, 1.807) is 6.92 Å². The van der Waals surface area contributed by atoms with Crippen LogP contribution in [0.25, 0.3) is 0 Å². The van der Waals surface area contributed by atoms with Crippen LogP contribution in [0.5, 0.6) is 0 Å². The van der Waals surface area contributed by atoms with Crippen molar-refractivity contribution in [2.75, 3.05) is 20.3 Å². The van der Waals surface area contributed by atoms with Gasteiger partial charge in [0, 0.05) is 19.0 Å². The highest BCUT2D eigenvalue weighted by Gasteiger charge is 2.24. The summed E-state index contributed by atoms with van der Waals surface area (Å²) in [6.45, 7) is 5.17. The summed E-state index contributed by atoms with van der Waals surface area (Å²) in [7, 11) is 1.23. The molecule has 0 spiro atoms. The average Bonchev–Trinajstić information content (AvgIpc) is 3.06. The van der Waals surface area contributed by atoms with Crippen LogP contribution in [0.2, 0.25) is 0 Å². The van der Waals surface area contributed by atoms with Gasteiger partial charge in [-0.25, -0.2) is 4.79 Å². The van der Waals surface area contributed by atoms with Crippen molar-refractivity contribution >= 4 is 23.6 Å². The van der Waals surface area contributed by atoms with Gasteiger partial charge in [-0.3, -0.25) is 14.4 Å². The first-order valence-corrected chi connectivity index (χ1v) is 10.0. The first-order valence-electron chi connectivity index (χ1n) is 10.0. The number of methoxy groups -OCH3 is 1. The van der Waals surface area contributed by atoms with Crippen LogP contribution < -0.4 is 5.32 Å². The number of hydrogen-bond acceptors (Lipinski definition) is 6. The number of benzene rings is 1. The first-order chi connectivity index (χ1) is 14.7. The normalized spacial score (nSPS) is 10.5. The number of nitrogens with one attached hydrogen (secondary N) is 2. The van der Waals surface area contributed by atoms with E-state index in [1.807, 2.05) is 31.2 Å². The number of amides is 1. The highest BCUT2D eigenvalue weighted by atomic mass is 16.5. The number of aromatic nitrogens is 1. The molecule has 0 fully saturated rings. The minimum absolute atomic E-state index is 0.00190. The van der Waals surface area contributed by atoms with Gasteiger partial charge in [0.2, 0.25) is 5.91 Å². The first kappa shape index (κ1) is 23.9. The summed E-state index contributed by atoms with van der Waals surface area (Å²) in [6, 6.07) is 7.99. The molecule has 8 heteroatoms. The third kappa shape index (κ3) is 6.80. The van der Waals surface area contributed by atoms with Gasteiger partial charge in [0.15, 0.2) is 5.78 Å². The lowest BCUT2D eigenvalue weighted by atomic mass is 10.1. The maximum absolute atomic E-state index is 12.2. The molecular formula is C23H28N2O6. The van der Waals surface area contributed by atoms with E-state index in [0.717, 1.165) is 5.56 Å². The second-order valence-electron chi connectivity index (χ2n) is 7.26. The summed E-state index contributed by atoms with van der Waals surface area (Å²) < 4.78 is 9.89. The number of carbonyl (C=O) groups is 4. The zero-order chi connectivity index (χ0) is 23.0. The van der Waals surface area contributed by atoms with Crippen LogP contribution >= 0.6 is 0 Å². The second kappa shape index (κ2) is 11.1. The molecule has 0 aliphatic carbocycles. The monoisotopic (exact) mass is 428 g/mol. The van der Waals surface area contributed by atoms with Gasteiger partial charge in [-0.2, -0.15) is 0 Å². The Bertz CT molecular complexity index is 959. The van der Waals surface area contributed by atoms with Crippen molar-refractivity contribution in [2.24, 2.45) is 0 Å². The molecular weight excluding hydrogens is 400 g/mol. The predicted octanol–water partition coefficient (Wildman–Crippen LogP) is 2.46. The molecule has 0 aliphatic rings. The standard InChI is InChI=1S/C23H28N2O6/c1-14-5-7-17(8-6-14)9-10-19(27)24-11-12-31-20(28)13-18-21(23(29)30-4)15(2)22(25-18)16(3)26/h5-8,25H,9-13H2,1-4H3,(H,24,27). The second-order valence-corrected chi connectivity index (χ2v) is 7.26. The molecule has 2 N–H and O–H groups in total. The van der Waals surface area contributed by atoms with Crippen molar-refractivity contribution in [3.05, 3.63) is 57.9 Å². The lowest BCUT2D eigenvalue weighted by Gasteiger charge is -2.08. The molecule has 2 rings (SSSR count). The van der Waals surface area contributed by atoms with E-state index in [1.165, 1.54) is 19.6 Å². The van der Waals surface area contributed by atoms with Crippen LogP contribution in [0.3, 0.4) is 0 Å². The maximum atomic E-state index is 12.2. The summed E-state index contributed by atoms with van der Waals surface area (Å²) in [5.74, 6) is -1.60. The Kier molecular flexibility index (Phi) is 8.54. The van der Waals surface area contributed by atoms with Crippen molar-refractivity contribution < 1.29 is 28.7 Å². The van der Waals surface area contributed by atoms with E-state index >= 15 is 0 Å². The van der Waals surface area contributed by atoms with E-state index in [4.69, 9.17) is 9.47 Å². The number of rotatable bonds is 10. The fourth-order valence-corrected chi connectivity index (χ4v) is 3.17. The lowest BCUT2D eigenvalue weighted by Crippen LogP contribution is -2.28. The fourth-order valence-electron chi connectivity index (χ4n) is 3.17. The van der Waals surface area contributed by atoms with Gasteiger partial charge in [-0.15, -0.1) is 0 Å². The van der Waals surface area contributed by atoms with Gasteiger partial charge in [0.1, 0.15) is 6.61 Å². The van der Waals surface area contributed by atoms with Crippen LogP contribution in [-0.4, -0.2) is 48.9 Å². The Labute approximate surface area is 181 Å². The van der Waals surface area contributed by atoms with Gasteiger partial charge < -0.3 is 19.8 Å². The summed E-state index contributed by atoms with van der Waals surface area (Å²) in [5, 5.41) is 2.71. The van der Waals surface area contributed by atoms with Gasteiger partial charge in [-0.05, 0) is 31.4 Å². The molecule has 0 atom stereocenters. The van der Waals surface area contributed by atoms with E-state index in [0.29, 0.717) is 18.4 Å². The van der Waals surface area contributed by atoms with Crippen LogP contribution in [0.1, 0.15) is 56.6 Å². The molecule has 0 saturated carbocycles. The number of carbonyl (C=O) groups excluding carboxylic acids is 4. The topological polar surface area (TPSA) is 115 Å². The summed E-state index contributed by atoms with van der Waals surface area (Å²) in [4.78, 5) is 50.7.